The highest BCUT2D eigenvalue weighted by molar-refractivity contribution is 5.63. The molecular formula is C18H40N4O8. The molecule has 1 heterocycles. The monoisotopic (exact) mass is 440 g/mol. The van der Waals surface area contributed by atoms with Gasteiger partial charge in [-0.25, -0.2) is 0 Å². The lowest BCUT2D eigenvalue weighted by molar-refractivity contribution is -0.135. The summed E-state index contributed by atoms with van der Waals surface area (Å²) in [6.45, 7) is 13.1. The number of hydrogen-bond acceptors (Lipinski definition) is 8. The lowest BCUT2D eigenvalue weighted by Gasteiger charge is -2.10. The summed E-state index contributed by atoms with van der Waals surface area (Å²) in [6, 6.07) is 0. The Morgan fingerprint density at radius 2 is 0.567 bits per heavy atom. The molecule has 1 saturated heterocycles. The van der Waals surface area contributed by atoms with E-state index in [1.807, 2.05) is 0 Å². The Balaban J connectivity index is -0.000000174. The summed E-state index contributed by atoms with van der Waals surface area (Å²) >= 11 is 0. The maximum Gasteiger partial charge on any atom is 0.300 e. The Morgan fingerprint density at radius 3 is 0.733 bits per heavy atom. The van der Waals surface area contributed by atoms with Crippen LogP contribution < -0.4 is 21.3 Å². The summed E-state index contributed by atoms with van der Waals surface area (Å²) in [6.07, 6.45) is 2.56. The molecule has 30 heavy (non-hydrogen) atoms. The van der Waals surface area contributed by atoms with Gasteiger partial charge in [-0.15, -0.1) is 0 Å². The molecule has 0 radical (unpaired) electrons. The van der Waals surface area contributed by atoms with Gasteiger partial charge in [0, 0.05) is 67.0 Å². The molecule has 1 rings (SSSR count). The molecule has 1 aliphatic heterocycles. The molecule has 8 N–H and O–H groups in total. The van der Waals surface area contributed by atoms with Gasteiger partial charge >= 0.3 is 0 Å². The Labute approximate surface area is 178 Å². The van der Waals surface area contributed by atoms with Gasteiger partial charge in [-0.05, 0) is 25.9 Å². The van der Waals surface area contributed by atoms with E-state index in [-0.39, 0.29) is 0 Å². The molecule has 0 aromatic rings. The summed E-state index contributed by atoms with van der Waals surface area (Å²) in [7, 11) is 0. The van der Waals surface area contributed by atoms with Gasteiger partial charge in [0.05, 0.1) is 0 Å². The van der Waals surface area contributed by atoms with Crippen molar-refractivity contribution in [2.45, 2.75) is 40.5 Å². The minimum absolute atomic E-state index is 0.833. The smallest absolute Gasteiger partial charge is 0.300 e. The Hall–Kier alpha value is -2.28. The molecule has 0 unspecified atom stereocenters. The first kappa shape index (κ1) is 35.2. The standard InChI is InChI=1S/C10H24N4.4C2H4O2/c1-2-4-12-6-8-14-10-9-13-7-5-11-3-1;4*1-2(3)4/h11-14H,1-10H2;4*1H3,(H,3,4). The van der Waals surface area contributed by atoms with E-state index in [4.69, 9.17) is 39.6 Å². The lowest BCUT2D eigenvalue weighted by atomic mass is 10.3. The average molecular weight is 441 g/mol. The van der Waals surface area contributed by atoms with Crippen LogP contribution in [-0.4, -0.2) is 96.7 Å². The Bertz CT molecular complexity index is 306. The highest BCUT2D eigenvalue weighted by atomic mass is 16.4. The number of carbonyl (C=O) groups is 4. The summed E-state index contributed by atoms with van der Waals surface area (Å²) in [4.78, 5) is 36.0. The molecule has 0 spiro atoms. The lowest BCUT2D eigenvalue weighted by Crippen LogP contribution is -2.36. The molecular weight excluding hydrogens is 400 g/mol. The van der Waals surface area contributed by atoms with Gasteiger partial charge < -0.3 is 41.7 Å². The third-order valence-corrected chi connectivity index (χ3v) is 2.39. The van der Waals surface area contributed by atoms with Crippen molar-refractivity contribution in [3.8, 4) is 0 Å². The van der Waals surface area contributed by atoms with Crippen molar-refractivity contribution < 1.29 is 39.6 Å². The van der Waals surface area contributed by atoms with Crippen molar-refractivity contribution in [3.63, 3.8) is 0 Å². The summed E-state index contributed by atoms with van der Waals surface area (Å²) in [5, 5.41) is 43.3. The third-order valence-electron chi connectivity index (χ3n) is 2.39. The fourth-order valence-corrected chi connectivity index (χ4v) is 1.53. The molecule has 12 nitrogen and oxygen atoms in total. The van der Waals surface area contributed by atoms with E-state index < -0.39 is 23.9 Å². The Morgan fingerprint density at radius 1 is 0.433 bits per heavy atom. The van der Waals surface area contributed by atoms with Crippen LogP contribution in [-0.2, 0) is 19.2 Å². The van der Waals surface area contributed by atoms with E-state index >= 15 is 0 Å². The van der Waals surface area contributed by atoms with Gasteiger partial charge in [0.2, 0.25) is 0 Å². The number of rotatable bonds is 0. The quantitative estimate of drug-likeness (QED) is 0.241. The highest BCUT2D eigenvalue weighted by Crippen LogP contribution is 1.83. The van der Waals surface area contributed by atoms with Crippen LogP contribution in [0.25, 0.3) is 0 Å². The van der Waals surface area contributed by atoms with Gasteiger partial charge in [0.25, 0.3) is 23.9 Å². The third kappa shape index (κ3) is 114. The number of carboxylic acids is 4. The van der Waals surface area contributed by atoms with Gasteiger partial charge in [-0.3, -0.25) is 19.2 Å². The second-order valence-corrected chi connectivity index (χ2v) is 5.78. The van der Waals surface area contributed by atoms with E-state index in [9.17, 15) is 0 Å². The molecule has 180 valence electrons. The SMILES string of the molecule is C1CCNCCNCCNCCNC1.CC(=O)O.CC(=O)O.CC(=O)O.CC(=O)O. The van der Waals surface area contributed by atoms with Crippen molar-refractivity contribution in [1.29, 1.82) is 0 Å². The molecule has 0 bridgehead atoms. The number of aliphatic carboxylic acids is 4. The van der Waals surface area contributed by atoms with Crippen LogP contribution in [0.4, 0.5) is 0 Å². The van der Waals surface area contributed by atoms with Crippen LogP contribution in [0, 0.1) is 0 Å². The maximum atomic E-state index is 9.00. The average Bonchev–Trinajstić information content (AvgIpc) is 2.55. The molecule has 0 aromatic carbocycles. The highest BCUT2D eigenvalue weighted by Gasteiger charge is 1.93. The normalized spacial score (nSPS) is 14.5. The van der Waals surface area contributed by atoms with Gasteiger partial charge in [0.15, 0.2) is 0 Å². The summed E-state index contributed by atoms with van der Waals surface area (Å²) < 4.78 is 0. The van der Waals surface area contributed by atoms with Gasteiger partial charge in [-0.2, -0.15) is 0 Å². The van der Waals surface area contributed by atoms with E-state index in [1.165, 1.54) is 12.8 Å². The van der Waals surface area contributed by atoms with Crippen molar-refractivity contribution in [2.75, 3.05) is 52.4 Å². The first-order chi connectivity index (χ1) is 13.9. The van der Waals surface area contributed by atoms with Gasteiger partial charge in [0.1, 0.15) is 0 Å². The van der Waals surface area contributed by atoms with E-state index in [1.54, 1.807) is 0 Å². The molecule has 0 saturated carbocycles. The minimum Gasteiger partial charge on any atom is -0.481 e. The zero-order valence-electron chi connectivity index (χ0n) is 18.5. The maximum absolute atomic E-state index is 9.00. The Kier molecular flexibility index (Phi) is 36.8. The largest absolute Gasteiger partial charge is 0.481 e. The number of nitrogens with one attached hydrogen (secondary N) is 4. The molecule has 1 fully saturated rings. The van der Waals surface area contributed by atoms with Crippen LogP contribution in [0.2, 0.25) is 0 Å². The zero-order chi connectivity index (χ0) is 24.2. The molecule has 0 aliphatic carbocycles. The second-order valence-electron chi connectivity index (χ2n) is 5.78. The first-order valence-corrected chi connectivity index (χ1v) is 9.54. The predicted octanol–water partition coefficient (Wildman–Crippen LogP) is -0.498. The van der Waals surface area contributed by atoms with Crippen molar-refractivity contribution in [2.24, 2.45) is 0 Å². The van der Waals surface area contributed by atoms with Crippen LogP contribution in [0.15, 0.2) is 0 Å². The topological polar surface area (TPSA) is 197 Å². The summed E-state index contributed by atoms with van der Waals surface area (Å²) in [5.41, 5.74) is 0. The van der Waals surface area contributed by atoms with Crippen molar-refractivity contribution >= 4 is 23.9 Å². The molecule has 0 aromatic heterocycles. The number of hydrogen-bond donors (Lipinski definition) is 8. The number of carboxylic acid groups (broad SMARTS) is 4. The predicted molar refractivity (Wildman–Crippen MR) is 114 cm³/mol. The second kappa shape index (κ2) is 31.4. The van der Waals surface area contributed by atoms with Crippen LogP contribution >= 0.6 is 0 Å². The van der Waals surface area contributed by atoms with Crippen LogP contribution in [0.1, 0.15) is 40.5 Å². The van der Waals surface area contributed by atoms with Crippen LogP contribution in [0.3, 0.4) is 0 Å². The van der Waals surface area contributed by atoms with E-state index in [0.717, 1.165) is 80.1 Å². The molecule has 1 aliphatic rings. The van der Waals surface area contributed by atoms with Crippen LogP contribution in [0.5, 0.6) is 0 Å². The molecule has 0 amide bonds. The van der Waals surface area contributed by atoms with E-state index in [0.29, 0.717) is 0 Å². The molecule has 12 heteroatoms. The minimum atomic E-state index is -0.833. The van der Waals surface area contributed by atoms with Gasteiger partial charge in [-0.1, -0.05) is 0 Å². The summed E-state index contributed by atoms with van der Waals surface area (Å²) in [5.74, 6) is -3.33. The fourth-order valence-electron chi connectivity index (χ4n) is 1.53. The molecule has 0 atom stereocenters. The van der Waals surface area contributed by atoms with Crippen molar-refractivity contribution in [1.82, 2.24) is 21.3 Å². The zero-order valence-corrected chi connectivity index (χ0v) is 18.5. The van der Waals surface area contributed by atoms with Crippen molar-refractivity contribution in [3.05, 3.63) is 0 Å². The first-order valence-electron chi connectivity index (χ1n) is 9.54. The van der Waals surface area contributed by atoms with E-state index in [2.05, 4.69) is 21.3 Å². The fraction of sp³-hybridized carbons (Fsp3) is 0.778.